The SMILES string of the molecule is CC1(C)CC[C@H](C(=O)O)C1(C)C. The van der Waals surface area contributed by atoms with Crippen molar-refractivity contribution in [2.24, 2.45) is 16.7 Å². The molecule has 1 fully saturated rings. The van der Waals surface area contributed by atoms with Gasteiger partial charge in [-0.2, -0.15) is 0 Å². The highest BCUT2D eigenvalue weighted by Gasteiger charge is 2.51. The van der Waals surface area contributed by atoms with Crippen LogP contribution >= 0.6 is 0 Å². The van der Waals surface area contributed by atoms with Crippen LogP contribution in [0.2, 0.25) is 0 Å². The van der Waals surface area contributed by atoms with E-state index in [0.717, 1.165) is 12.8 Å². The van der Waals surface area contributed by atoms with Crippen LogP contribution in [-0.4, -0.2) is 11.1 Å². The third kappa shape index (κ3) is 1.13. The summed E-state index contributed by atoms with van der Waals surface area (Å²) in [6.45, 7) is 8.46. The molecule has 1 rings (SSSR count). The van der Waals surface area contributed by atoms with Gasteiger partial charge >= 0.3 is 5.97 Å². The van der Waals surface area contributed by atoms with Gasteiger partial charge in [0.2, 0.25) is 0 Å². The van der Waals surface area contributed by atoms with Crippen LogP contribution < -0.4 is 0 Å². The molecule has 0 amide bonds. The molecule has 1 atom stereocenters. The number of aliphatic carboxylic acids is 1. The molecule has 70 valence electrons. The summed E-state index contributed by atoms with van der Waals surface area (Å²) in [5.41, 5.74) is 0.0922. The maximum Gasteiger partial charge on any atom is 0.307 e. The Kier molecular flexibility index (Phi) is 1.97. The van der Waals surface area contributed by atoms with E-state index in [1.165, 1.54) is 0 Å². The number of hydrogen-bond acceptors (Lipinski definition) is 1. The van der Waals surface area contributed by atoms with Crippen LogP contribution in [-0.2, 0) is 4.79 Å². The molecule has 0 unspecified atom stereocenters. The zero-order valence-electron chi connectivity index (χ0n) is 8.35. The molecule has 2 heteroatoms. The van der Waals surface area contributed by atoms with Crippen molar-refractivity contribution in [3.63, 3.8) is 0 Å². The second kappa shape index (κ2) is 2.48. The number of carboxylic acid groups (broad SMARTS) is 1. The van der Waals surface area contributed by atoms with Gasteiger partial charge in [-0.1, -0.05) is 27.7 Å². The Balaban J connectivity index is 2.93. The Bertz CT molecular complexity index is 204. The minimum atomic E-state index is -0.634. The summed E-state index contributed by atoms with van der Waals surface area (Å²) in [4.78, 5) is 10.9. The largest absolute Gasteiger partial charge is 0.481 e. The Morgan fingerprint density at radius 2 is 1.83 bits per heavy atom. The third-order valence-corrected chi connectivity index (χ3v) is 3.97. The first-order chi connectivity index (χ1) is 5.29. The molecule has 2 nitrogen and oxygen atoms in total. The molecule has 0 bridgehead atoms. The lowest BCUT2D eigenvalue weighted by Gasteiger charge is -2.37. The van der Waals surface area contributed by atoms with Crippen molar-refractivity contribution < 1.29 is 9.90 Å². The van der Waals surface area contributed by atoms with Gasteiger partial charge < -0.3 is 5.11 Å². The molecule has 1 N–H and O–H groups in total. The van der Waals surface area contributed by atoms with Crippen molar-refractivity contribution in [1.29, 1.82) is 0 Å². The van der Waals surface area contributed by atoms with Gasteiger partial charge in [0.05, 0.1) is 5.92 Å². The van der Waals surface area contributed by atoms with Crippen LogP contribution in [0.1, 0.15) is 40.5 Å². The van der Waals surface area contributed by atoms with Gasteiger partial charge in [-0.25, -0.2) is 0 Å². The van der Waals surface area contributed by atoms with Gasteiger partial charge in [0.1, 0.15) is 0 Å². The average molecular weight is 170 g/mol. The zero-order valence-corrected chi connectivity index (χ0v) is 8.35. The Morgan fingerprint density at radius 3 is 2.00 bits per heavy atom. The van der Waals surface area contributed by atoms with Crippen LogP contribution in [0.15, 0.2) is 0 Å². The molecule has 0 radical (unpaired) electrons. The second-order valence-corrected chi connectivity index (χ2v) is 5.04. The summed E-state index contributed by atoms with van der Waals surface area (Å²) in [5.74, 6) is -0.793. The van der Waals surface area contributed by atoms with Crippen LogP contribution in [0.3, 0.4) is 0 Å². The molecule has 1 aliphatic carbocycles. The number of carboxylic acids is 1. The summed E-state index contributed by atoms with van der Waals surface area (Å²) in [6, 6.07) is 0. The number of rotatable bonds is 1. The van der Waals surface area contributed by atoms with Crippen LogP contribution in [0.25, 0.3) is 0 Å². The van der Waals surface area contributed by atoms with Gasteiger partial charge in [-0.05, 0) is 23.7 Å². The molecule has 0 aromatic rings. The topological polar surface area (TPSA) is 37.3 Å². The van der Waals surface area contributed by atoms with Crippen molar-refractivity contribution in [1.82, 2.24) is 0 Å². The standard InChI is InChI=1S/C10H18O2/c1-9(2)6-5-7(8(11)12)10(9,3)4/h7H,5-6H2,1-4H3,(H,11,12)/t7-/m1/s1. The molecule has 0 aromatic carbocycles. The molecule has 0 aromatic heterocycles. The molecule has 12 heavy (non-hydrogen) atoms. The molecular weight excluding hydrogens is 152 g/mol. The lowest BCUT2D eigenvalue weighted by Crippen LogP contribution is -2.35. The van der Waals surface area contributed by atoms with E-state index in [4.69, 9.17) is 5.11 Å². The van der Waals surface area contributed by atoms with Gasteiger partial charge in [-0.15, -0.1) is 0 Å². The van der Waals surface area contributed by atoms with Gasteiger partial charge in [0.15, 0.2) is 0 Å². The van der Waals surface area contributed by atoms with Crippen molar-refractivity contribution in [2.45, 2.75) is 40.5 Å². The maximum absolute atomic E-state index is 10.9. The highest BCUT2D eigenvalue weighted by molar-refractivity contribution is 5.71. The van der Waals surface area contributed by atoms with Gasteiger partial charge in [0.25, 0.3) is 0 Å². The quantitative estimate of drug-likeness (QED) is 0.656. The van der Waals surface area contributed by atoms with Crippen LogP contribution in [0.4, 0.5) is 0 Å². The van der Waals surface area contributed by atoms with E-state index in [-0.39, 0.29) is 16.7 Å². The van der Waals surface area contributed by atoms with E-state index >= 15 is 0 Å². The van der Waals surface area contributed by atoms with Crippen molar-refractivity contribution in [2.75, 3.05) is 0 Å². The molecular formula is C10H18O2. The second-order valence-electron chi connectivity index (χ2n) is 5.04. The zero-order chi connectivity index (χ0) is 9.57. The Labute approximate surface area is 74.0 Å². The van der Waals surface area contributed by atoms with E-state index in [9.17, 15) is 4.79 Å². The van der Waals surface area contributed by atoms with Gasteiger partial charge in [0, 0.05) is 0 Å². The van der Waals surface area contributed by atoms with Crippen molar-refractivity contribution in [3.05, 3.63) is 0 Å². The van der Waals surface area contributed by atoms with E-state index in [1.807, 2.05) is 0 Å². The first kappa shape index (κ1) is 9.56. The minimum Gasteiger partial charge on any atom is -0.481 e. The predicted molar refractivity (Wildman–Crippen MR) is 47.9 cm³/mol. The lowest BCUT2D eigenvalue weighted by molar-refractivity contribution is -0.146. The van der Waals surface area contributed by atoms with Crippen molar-refractivity contribution >= 4 is 5.97 Å². The molecule has 1 aliphatic rings. The normalized spacial score (nSPS) is 31.8. The highest BCUT2D eigenvalue weighted by atomic mass is 16.4. The van der Waals surface area contributed by atoms with Crippen LogP contribution in [0, 0.1) is 16.7 Å². The van der Waals surface area contributed by atoms with Gasteiger partial charge in [-0.3, -0.25) is 4.79 Å². The minimum absolute atomic E-state index is 0.0706. The smallest absolute Gasteiger partial charge is 0.307 e. The van der Waals surface area contributed by atoms with Crippen molar-refractivity contribution in [3.8, 4) is 0 Å². The Morgan fingerprint density at radius 1 is 1.33 bits per heavy atom. The molecule has 0 aliphatic heterocycles. The summed E-state index contributed by atoms with van der Waals surface area (Å²) in [6.07, 6.45) is 1.85. The molecule has 1 saturated carbocycles. The van der Waals surface area contributed by atoms with E-state index in [0.29, 0.717) is 0 Å². The fourth-order valence-electron chi connectivity index (χ4n) is 2.09. The fourth-order valence-corrected chi connectivity index (χ4v) is 2.09. The molecule has 0 spiro atoms. The fraction of sp³-hybridized carbons (Fsp3) is 0.900. The first-order valence-corrected chi connectivity index (χ1v) is 4.52. The summed E-state index contributed by atoms with van der Waals surface area (Å²) >= 11 is 0. The molecule has 0 saturated heterocycles. The monoisotopic (exact) mass is 170 g/mol. The highest BCUT2D eigenvalue weighted by Crippen LogP contribution is 2.55. The summed E-state index contributed by atoms with van der Waals surface area (Å²) in [7, 11) is 0. The predicted octanol–water partition coefficient (Wildman–Crippen LogP) is 2.53. The van der Waals surface area contributed by atoms with E-state index in [1.54, 1.807) is 0 Å². The maximum atomic E-state index is 10.9. The first-order valence-electron chi connectivity index (χ1n) is 4.52. The molecule has 0 heterocycles. The van der Waals surface area contributed by atoms with E-state index < -0.39 is 5.97 Å². The van der Waals surface area contributed by atoms with Crippen LogP contribution in [0.5, 0.6) is 0 Å². The average Bonchev–Trinajstić information content (AvgIpc) is 2.03. The summed E-state index contributed by atoms with van der Waals surface area (Å²) < 4.78 is 0. The third-order valence-electron chi connectivity index (χ3n) is 3.97. The summed E-state index contributed by atoms with van der Waals surface area (Å²) in [5, 5.41) is 8.98. The number of carbonyl (C=O) groups is 1. The Hall–Kier alpha value is -0.530. The lowest BCUT2D eigenvalue weighted by atomic mass is 9.67. The number of hydrogen-bond donors (Lipinski definition) is 1. The van der Waals surface area contributed by atoms with E-state index in [2.05, 4.69) is 27.7 Å².